The molecule has 0 aliphatic rings. The average molecular weight is 142 g/mol. The Hall–Kier alpha value is -1.12. The van der Waals surface area contributed by atoms with E-state index in [0.29, 0.717) is 0 Å². The molecule has 0 amide bonds. The van der Waals surface area contributed by atoms with E-state index in [1.54, 1.807) is 6.20 Å². The molecule has 0 fully saturated rings. The number of aryl methyl sites for hydroxylation is 1. The Morgan fingerprint density at radius 3 is 2.70 bits per heavy atom. The van der Waals surface area contributed by atoms with Crippen molar-refractivity contribution in [3.8, 4) is 0 Å². The van der Waals surface area contributed by atoms with Crippen molar-refractivity contribution in [3.05, 3.63) is 25.3 Å². The van der Waals surface area contributed by atoms with Crippen LogP contribution in [0.5, 0.6) is 0 Å². The molecule has 0 unspecified atom stereocenters. The second-order valence-corrected chi connectivity index (χ2v) is 1.87. The molecule has 0 spiro atoms. The summed E-state index contributed by atoms with van der Waals surface area (Å²) in [5.74, 6) is 0. The van der Waals surface area contributed by atoms with E-state index in [1.807, 2.05) is 23.3 Å². The first kappa shape index (κ1) is 8.88. The molecule has 56 valence electrons. The van der Waals surface area contributed by atoms with Gasteiger partial charge in [0.05, 0.1) is 12.7 Å². The van der Waals surface area contributed by atoms with Crippen LogP contribution in [0.1, 0.15) is 6.92 Å². The first-order chi connectivity index (χ1) is 4.36. The number of halogens is 1. The minimum Gasteiger partial charge on any atom is -1.00 e. The Bertz CT molecular complexity index is 205. The Morgan fingerprint density at radius 2 is 2.40 bits per heavy atom. The number of hydrogen-bond donors (Lipinski definition) is 0. The minimum atomic E-state index is 0. The van der Waals surface area contributed by atoms with Crippen LogP contribution in [0.4, 0.5) is 0 Å². The molecule has 0 radical (unpaired) electrons. The lowest BCUT2D eigenvalue weighted by molar-refractivity contribution is -0.692. The Balaban J connectivity index is 0.000000810. The third-order valence-corrected chi connectivity index (χ3v) is 1.29. The number of aromatic nitrogens is 2. The van der Waals surface area contributed by atoms with Crippen LogP contribution in [0.3, 0.4) is 0 Å². The summed E-state index contributed by atoms with van der Waals surface area (Å²) in [4.78, 5) is 0. The van der Waals surface area contributed by atoms with Gasteiger partial charge in [-0.25, -0.2) is 9.13 Å². The van der Waals surface area contributed by atoms with Crippen LogP contribution in [-0.2, 0) is 6.54 Å². The molecule has 3 heteroatoms. The fourth-order valence-corrected chi connectivity index (χ4v) is 0.706. The topological polar surface area (TPSA) is 8.81 Å². The van der Waals surface area contributed by atoms with Gasteiger partial charge in [-0.05, 0) is 6.92 Å². The van der Waals surface area contributed by atoms with Gasteiger partial charge in [0, 0.05) is 0 Å². The first-order valence-corrected chi connectivity index (χ1v) is 3.06. The van der Waals surface area contributed by atoms with Crippen LogP contribution < -0.4 is 9.27 Å². The molecule has 0 aliphatic heterocycles. The smallest absolute Gasteiger partial charge is 0.248 e. The van der Waals surface area contributed by atoms with E-state index < -0.39 is 0 Å². The molecule has 0 aromatic carbocycles. The Kier molecular flexibility index (Phi) is 3.39. The Labute approximate surface area is 59.8 Å². The van der Waals surface area contributed by atoms with E-state index in [1.165, 1.54) is 0 Å². The van der Waals surface area contributed by atoms with E-state index >= 15 is 0 Å². The third kappa shape index (κ3) is 1.69. The highest BCUT2D eigenvalue weighted by molar-refractivity contribution is 5.12. The quantitative estimate of drug-likeness (QED) is 0.418. The summed E-state index contributed by atoms with van der Waals surface area (Å²) < 4.78 is 4.01. The van der Waals surface area contributed by atoms with E-state index in [-0.39, 0.29) is 4.70 Å². The maximum absolute atomic E-state index is 3.63. The second-order valence-electron chi connectivity index (χ2n) is 1.87. The SMILES string of the molecule is C=Cn1cc[n+](CC)c1.[F-]. The van der Waals surface area contributed by atoms with Crippen LogP contribution >= 0.6 is 0 Å². The van der Waals surface area contributed by atoms with Crippen molar-refractivity contribution >= 4 is 6.20 Å². The standard InChI is InChI=1S/C7H11N2.FH/c1-3-8-5-6-9(4-2)7-8;/h3,5-7H,1,4H2,2H3;1H/q+1;/p-1. The van der Waals surface area contributed by atoms with Crippen LogP contribution in [-0.4, -0.2) is 4.57 Å². The summed E-state index contributed by atoms with van der Waals surface area (Å²) in [6.07, 6.45) is 7.75. The summed E-state index contributed by atoms with van der Waals surface area (Å²) >= 11 is 0. The molecule has 1 rings (SSSR count). The number of imidazole rings is 1. The highest BCUT2D eigenvalue weighted by Gasteiger charge is 1.94. The van der Waals surface area contributed by atoms with Gasteiger partial charge < -0.3 is 4.70 Å². The van der Waals surface area contributed by atoms with Gasteiger partial charge in [-0.1, -0.05) is 6.58 Å². The summed E-state index contributed by atoms with van der Waals surface area (Å²) in [6.45, 7) is 6.75. The summed E-state index contributed by atoms with van der Waals surface area (Å²) in [5.41, 5.74) is 0. The van der Waals surface area contributed by atoms with Crippen LogP contribution in [0.25, 0.3) is 6.20 Å². The average Bonchev–Trinajstić information content (AvgIpc) is 2.34. The molecule has 0 bridgehead atoms. The predicted octanol–water partition coefficient (Wildman–Crippen LogP) is -2.10. The molecule has 1 aromatic rings. The zero-order valence-corrected chi connectivity index (χ0v) is 6.00. The minimum absolute atomic E-state index is 0. The largest absolute Gasteiger partial charge is 1.00 e. The van der Waals surface area contributed by atoms with Gasteiger partial charge in [0.15, 0.2) is 0 Å². The molecule has 10 heavy (non-hydrogen) atoms. The number of hydrogen-bond acceptors (Lipinski definition) is 0. The van der Waals surface area contributed by atoms with Gasteiger partial charge >= 0.3 is 0 Å². The van der Waals surface area contributed by atoms with Crippen LogP contribution in [0.2, 0.25) is 0 Å². The van der Waals surface area contributed by atoms with Crippen molar-refractivity contribution in [2.75, 3.05) is 0 Å². The second kappa shape index (κ2) is 3.82. The maximum atomic E-state index is 3.63. The monoisotopic (exact) mass is 142 g/mol. The van der Waals surface area contributed by atoms with Gasteiger partial charge in [-0.15, -0.1) is 0 Å². The third-order valence-electron chi connectivity index (χ3n) is 1.29. The van der Waals surface area contributed by atoms with E-state index in [2.05, 4.69) is 18.1 Å². The zero-order valence-electron chi connectivity index (χ0n) is 6.00. The molecule has 0 saturated heterocycles. The van der Waals surface area contributed by atoms with Gasteiger partial charge in [0.25, 0.3) is 0 Å². The van der Waals surface area contributed by atoms with Gasteiger partial charge in [-0.3, -0.25) is 0 Å². The van der Waals surface area contributed by atoms with Gasteiger partial charge in [0.2, 0.25) is 6.33 Å². The Morgan fingerprint density at radius 1 is 1.70 bits per heavy atom. The summed E-state index contributed by atoms with van der Waals surface area (Å²) in [5, 5.41) is 0. The highest BCUT2D eigenvalue weighted by atomic mass is 19.0. The first-order valence-electron chi connectivity index (χ1n) is 3.06. The molecule has 0 saturated carbocycles. The molecular formula is C7H11FN2. The van der Waals surface area contributed by atoms with Crippen molar-refractivity contribution in [2.45, 2.75) is 13.5 Å². The predicted molar refractivity (Wildman–Crippen MR) is 36.7 cm³/mol. The lowest BCUT2D eigenvalue weighted by atomic mass is 10.7. The molecule has 1 heterocycles. The molecule has 0 aliphatic carbocycles. The molecule has 2 nitrogen and oxygen atoms in total. The molecule has 1 aromatic heterocycles. The fraction of sp³-hybridized carbons (Fsp3) is 0.286. The van der Waals surface area contributed by atoms with Crippen LogP contribution in [0.15, 0.2) is 25.3 Å². The van der Waals surface area contributed by atoms with Crippen molar-refractivity contribution in [1.82, 2.24) is 4.57 Å². The van der Waals surface area contributed by atoms with Crippen LogP contribution in [0, 0.1) is 0 Å². The normalized spacial score (nSPS) is 8.50. The lowest BCUT2D eigenvalue weighted by Gasteiger charge is -1.81. The van der Waals surface area contributed by atoms with E-state index in [4.69, 9.17) is 0 Å². The number of rotatable bonds is 2. The van der Waals surface area contributed by atoms with Crippen molar-refractivity contribution in [2.24, 2.45) is 0 Å². The summed E-state index contributed by atoms with van der Waals surface area (Å²) in [7, 11) is 0. The zero-order chi connectivity index (χ0) is 6.69. The van der Waals surface area contributed by atoms with Crippen molar-refractivity contribution < 1.29 is 9.27 Å². The van der Waals surface area contributed by atoms with Gasteiger partial charge in [-0.2, -0.15) is 0 Å². The molecule has 0 N–H and O–H groups in total. The maximum Gasteiger partial charge on any atom is 0.248 e. The molecular weight excluding hydrogens is 131 g/mol. The van der Waals surface area contributed by atoms with E-state index in [9.17, 15) is 0 Å². The lowest BCUT2D eigenvalue weighted by Crippen LogP contribution is -3.00. The highest BCUT2D eigenvalue weighted by Crippen LogP contribution is 1.81. The number of nitrogens with zero attached hydrogens (tertiary/aromatic N) is 2. The summed E-state index contributed by atoms with van der Waals surface area (Å²) in [6, 6.07) is 0. The van der Waals surface area contributed by atoms with Crippen molar-refractivity contribution in [3.63, 3.8) is 0 Å². The fourth-order valence-electron chi connectivity index (χ4n) is 0.706. The van der Waals surface area contributed by atoms with E-state index in [0.717, 1.165) is 6.54 Å². The van der Waals surface area contributed by atoms with Crippen molar-refractivity contribution in [1.29, 1.82) is 0 Å². The molecule has 0 atom stereocenters. The van der Waals surface area contributed by atoms with Gasteiger partial charge in [0.1, 0.15) is 12.4 Å².